The molecule has 0 bridgehead atoms. The number of nitrogens with zero attached hydrogens (tertiary/aromatic N) is 2. The predicted molar refractivity (Wildman–Crippen MR) is 116 cm³/mol. The van der Waals surface area contributed by atoms with Gasteiger partial charge in [0.1, 0.15) is 5.75 Å². The molecule has 4 rings (SSSR count). The fourth-order valence-corrected chi connectivity index (χ4v) is 4.89. The second kappa shape index (κ2) is 8.56. The molecule has 2 aliphatic heterocycles. The zero-order chi connectivity index (χ0) is 19.5. The zero-order valence-electron chi connectivity index (χ0n) is 16.1. The first kappa shape index (κ1) is 19.3. The van der Waals surface area contributed by atoms with Crippen molar-refractivity contribution in [1.82, 2.24) is 4.90 Å². The zero-order valence-corrected chi connectivity index (χ0v) is 17.7. The molecule has 0 saturated carbocycles. The lowest BCUT2D eigenvalue weighted by Crippen LogP contribution is -2.44. The molecule has 0 radical (unpaired) electrons. The first-order valence-corrected chi connectivity index (χ1v) is 11.0. The van der Waals surface area contributed by atoms with Crippen molar-refractivity contribution in [2.45, 2.75) is 44.6 Å². The number of amides is 1. The van der Waals surface area contributed by atoms with E-state index in [1.54, 1.807) is 12.1 Å². The molecule has 5 heteroatoms. The maximum atomic E-state index is 13.4. The molecule has 2 fully saturated rings. The Labute approximate surface area is 175 Å². The molecule has 0 spiro atoms. The molecule has 0 aromatic heterocycles. The Kier molecular flexibility index (Phi) is 5.90. The molecule has 1 N–H and O–H groups in total. The highest BCUT2D eigenvalue weighted by molar-refractivity contribution is 9.10. The summed E-state index contributed by atoms with van der Waals surface area (Å²) in [6.45, 7) is 2.95. The number of piperidine rings is 1. The Hall–Kier alpha value is -2.01. The third kappa shape index (κ3) is 4.35. The summed E-state index contributed by atoms with van der Waals surface area (Å²) in [4.78, 5) is 17.8. The van der Waals surface area contributed by atoms with E-state index in [0.717, 1.165) is 66.6 Å². The van der Waals surface area contributed by atoms with E-state index in [9.17, 15) is 9.90 Å². The number of carbonyl (C=O) groups is 1. The van der Waals surface area contributed by atoms with Gasteiger partial charge in [0.15, 0.2) is 0 Å². The number of likely N-dealkylation sites (tertiary alicyclic amines) is 1. The van der Waals surface area contributed by atoms with Gasteiger partial charge in [-0.25, -0.2) is 0 Å². The number of rotatable bonds is 4. The third-order valence-corrected chi connectivity index (χ3v) is 6.35. The molecule has 0 aliphatic carbocycles. The van der Waals surface area contributed by atoms with Crippen LogP contribution in [0.15, 0.2) is 46.9 Å². The van der Waals surface area contributed by atoms with Gasteiger partial charge in [-0.2, -0.15) is 0 Å². The summed E-state index contributed by atoms with van der Waals surface area (Å²) < 4.78 is 0.965. The minimum atomic E-state index is 0.130. The first-order valence-electron chi connectivity index (χ1n) is 10.2. The number of halogens is 1. The molecule has 2 aromatic rings. The van der Waals surface area contributed by atoms with E-state index in [0.29, 0.717) is 0 Å². The van der Waals surface area contributed by atoms with E-state index in [4.69, 9.17) is 0 Å². The van der Waals surface area contributed by atoms with Crippen molar-refractivity contribution >= 4 is 27.5 Å². The second-order valence-corrected chi connectivity index (χ2v) is 8.83. The summed E-state index contributed by atoms with van der Waals surface area (Å²) in [5.74, 6) is 0.411. The van der Waals surface area contributed by atoms with Crippen LogP contribution >= 0.6 is 15.9 Å². The molecule has 2 heterocycles. The van der Waals surface area contributed by atoms with E-state index < -0.39 is 0 Å². The van der Waals surface area contributed by atoms with Gasteiger partial charge in [0.25, 0.3) is 5.91 Å². The number of hydrogen-bond donors (Lipinski definition) is 1. The van der Waals surface area contributed by atoms with Gasteiger partial charge >= 0.3 is 0 Å². The Bertz CT molecular complexity index is 831. The summed E-state index contributed by atoms with van der Waals surface area (Å²) in [5, 5.41) is 9.52. The second-order valence-electron chi connectivity index (χ2n) is 7.91. The average molecular weight is 443 g/mol. The summed E-state index contributed by atoms with van der Waals surface area (Å²) in [6.07, 6.45) is 6.51. The lowest BCUT2D eigenvalue weighted by molar-refractivity contribution is 0.0613. The van der Waals surface area contributed by atoms with Crippen molar-refractivity contribution in [2.75, 3.05) is 24.5 Å². The van der Waals surface area contributed by atoms with Gasteiger partial charge in [-0.1, -0.05) is 28.1 Å². The number of hydrogen-bond acceptors (Lipinski definition) is 3. The maximum Gasteiger partial charge on any atom is 0.254 e. The number of benzene rings is 2. The largest absolute Gasteiger partial charge is 0.508 e. The van der Waals surface area contributed by atoms with Gasteiger partial charge in [-0.3, -0.25) is 4.79 Å². The summed E-state index contributed by atoms with van der Waals surface area (Å²) in [6, 6.07) is 13.7. The monoisotopic (exact) mass is 442 g/mol. The smallest absolute Gasteiger partial charge is 0.254 e. The van der Waals surface area contributed by atoms with Crippen LogP contribution in [0, 0.1) is 0 Å². The summed E-state index contributed by atoms with van der Waals surface area (Å²) in [7, 11) is 0. The van der Waals surface area contributed by atoms with Crippen LogP contribution in [0.3, 0.4) is 0 Å². The number of phenolic OH excluding ortho intramolecular Hbond substituents is 1. The van der Waals surface area contributed by atoms with E-state index in [2.05, 4.69) is 37.9 Å². The van der Waals surface area contributed by atoms with Crippen LogP contribution in [0.2, 0.25) is 0 Å². The molecule has 1 amide bonds. The molecular formula is C23H27BrN2O2. The van der Waals surface area contributed by atoms with Crippen LogP contribution in [0.5, 0.6) is 5.75 Å². The van der Waals surface area contributed by atoms with E-state index in [1.807, 2.05) is 18.2 Å². The highest BCUT2D eigenvalue weighted by atomic mass is 79.9. The van der Waals surface area contributed by atoms with Crippen LogP contribution in [-0.2, 0) is 6.42 Å². The van der Waals surface area contributed by atoms with Crippen LogP contribution in [-0.4, -0.2) is 41.6 Å². The quantitative estimate of drug-likeness (QED) is 0.724. The minimum Gasteiger partial charge on any atom is -0.508 e. The van der Waals surface area contributed by atoms with Gasteiger partial charge in [0, 0.05) is 41.4 Å². The number of aromatic hydroxyl groups is 1. The Morgan fingerprint density at radius 1 is 1.00 bits per heavy atom. The molecule has 2 aromatic carbocycles. The SMILES string of the molecule is O=C(c1cc(Br)cc(N2CCCC2)c1)N1CCCCC1Cc1ccc(O)cc1. The molecule has 2 aliphatic rings. The van der Waals surface area contributed by atoms with Gasteiger partial charge in [0.05, 0.1) is 0 Å². The average Bonchev–Trinajstić information content (AvgIpc) is 3.24. The third-order valence-electron chi connectivity index (χ3n) is 5.90. The van der Waals surface area contributed by atoms with Crippen molar-refractivity contribution < 1.29 is 9.90 Å². The van der Waals surface area contributed by atoms with Crippen molar-refractivity contribution in [3.05, 3.63) is 58.1 Å². The Morgan fingerprint density at radius 2 is 1.71 bits per heavy atom. The highest BCUT2D eigenvalue weighted by Crippen LogP contribution is 2.29. The fourth-order valence-electron chi connectivity index (χ4n) is 4.41. The summed E-state index contributed by atoms with van der Waals surface area (Å²) in [5.41, 5.74) is 3.07. The molecule has 4 nitrogen and oxygen atoms in total. The Balaban J connectivity index is 1.55. The minimum absolute atomic E-state index is 0.130. The van der Waals surface area contributed by atoms with E-state index >= 15 is 0 Å². The number of carbonyl (C=O) groups excluding carboxylic acids is 1. The lowest BCUT2D eigenvalue weighted by Gasteiger charge is -2.36. The topological polar surface area (TPSA) is 43.8 Å². The maximum absolute atomic E-state index is 13.4. The van der Waals surface area contributed by atoms with Crippen LogP contribution < -0.4 is 4.90 Å². The standard InChI is InChI=1S/C23H27BrN2O2/c24-19-14-18(15-21(16-19)25-10-3-4-11-25)23(28)26-12-2-1-5-20(26)13-17-6-8-22(27)9-7-17/h6-9,14-16,20,27H,1-5,10-13H2. The molecule has 1 unspecified atom stereocenters. The predicted octanol–water partition coefficient (Wildman–Crippen LogP) is 4.99. The van der Waals surface area contributed by atoms with Gasteiger partial charge < -0.3 is 14.9 Å². The molecule has 1 atom stereocenters. The molecule has 28 heavy (non-hydrogen) atoms. The normalized spacial score (nSPS) is 19.8. The molecule has 2 saturated heterocycles. The van der Waals surface area contributed by atoms with Crippen LogP contribution in [0.25, 0.3) is 0 Å². The fraction of sp³-hybridized carbons (Fsp3) is 0.435. The van der Waals surface area contributed by atoms with E-state index in [-0.39, 0.29) is 17.7 Å². The Morgan fingerprint density at radius 3 is 2.46 bits per heavy atom. The number of phenols is 1. The number of anilines is 1. The lowest BCUT2D eigenvalue weighted by atomic mass is 9.94. The van der Waals surface area contributed by atoms with Gasteiger partial charge in [-0.15, -0.1) is 0 Å². The van der Waals surface area contributed by atoms with Crippen LogP contribution in [0.4, 0.5) is 5.69 Å². The van der Waals surface area contributed by atoms with Gasteiger partial charge in [-0.05, 0) is 74.4 Å². The summed E-state index contributed by atoms with van der Waals surface area (Å²) >= 11 is 3.61. The highest BCUT2D eigenvalue weighted by Gasteiger charge is 2.28. The van der Waals surface area contributed by atoms with E-state index in [1.165, 1.54) is 12.8 Å². The molecular weight excluding hydrogens is 416 g/mol. The molecule has 148 valence electrons. The van der Waals surface area contributed by atoms with Crippen LogP contribution in [0.1, 0.15) is 48.0 Å². The van der Waals surface area contributed by atoms with Crippen molar-refractivity contribution in [2.24, 2.45) is 0 Å². The first-order chi connectivity index (χ1) is 13.6. The van der Waals surface area contributed by atoms with Crippen molar-refractivity contribution in [1.29, 1.82) is 0 Å². The van der Waals surface area contributed by atoms with Gasteiger partial charge in [0.2, 0.25) is 0 Å². The van der Waals surface area contributed by atoms with Crippen molar-refractivity contribution in [3.8, 4) is 5.75 Å². The van der Waals surface area contributed by atoms with Crippen molar-refractivity contribution in [3.63, 3.8) is 0 Å².